The Hall–Kier alpha value is -1.85. The summed E-state index contributed by atoms with van der Waals surface area (Å²) in [6.07, 6.45) is -1.42. The Balaban J connectivity index is 2.01. The fourth-order valence-electron chi connectivity index (χ4n) is 2.64. The standard InChI is InChI=1S/C12H17N5O5/c13-9-7-10(15-4-14-9)17(5-16-7)11-8(20)12(21,1-2-22-11)6(19)3-18/h4-6,8,11,18-21H,1-3H2,(H2,13,14,15)/t6-,8+,11-,12-/m1/s1. The van der Waals surface area contributed by atoms with E-state index in [1.807, 2.05) is 0 Å². The second-order valence-corrected chi connectivity index (χ2v) is 5.23. The molecule has 1 fully saturated rings. The monoisotopic (exact) mass is 311 g/mol. The molecule has 120 valence electrons. The molecule has 3 heterocycles. The lowest BCUT2D eigenvalue weighted by atomic mass is 9.84. The van der Waals surface area contributed by atoms with Gasteiger partial charge in [0.05, 0.1) is 19.5 Å². The molecule has 22 heavy (non-hydrogen) atoms. The van der Waals surface area contributed by atoms with Gasteiger partial charge in [-0.25, -0.2) is 15.0 Å². The van der Waals surface area contributed by atoms with Crippen molar-refractivity contribution in [2.24, 2.45) is 0 Å². The molecule has 0 radical (unpaired) electrons. The van der Waals surface area contributed by atoms with Gasteiger partial charge in [-0.2, -0.15) is 0 Å². The van der Waals surface area contributed by atoms with Crippen LogP contribution >= 0.6 is 0 Å². The third kappa shape index (κ3) is 2.12. The van der Waals surface area contributed by atoms with E-state index in [1.54, 1.807) is 0 Å². The minimum Gasteiger partial charge on any atom is -0.394 e. The molecule has 0 spiro atoms. The molecule has 2 aromatic rings. The summed E-state index contributed by atoms with van der Waals surface area (Å²) in [4.78, 5) is 11.9. The number of aliphatic hydroxyl groups excluding tert-OH is 3. The van der Waals surface area contributed by atoms with Gasteiger partial charge in [0.2, 0.25) is 0 Å². The van der Waals surface area contributed by atoms with Crippen LogP contribution in [0.2, 0.25) is 0 Å². The van der Waals surface area contributed by atoms with Gasteiger partial charge in [-0.1, -0.05) is 0 Å². The first-order valence-electron chi connectivity index (χ1n) is 6.73. The predicted molar refractivity (Wildman–Crippen MR) is 73.4 cm³/mol. The zero-order valence-electron chi connectivity index (χ0n) is 11.6. The molecule has 1 saturated heterocycles. The lowest BCUT2D eigenvalue weighted by Crippen LogP contribution is -2.60. The molecule has 0 aliphatic carbocycles. The fourth-order valence-corrected chi connectivity index (χ4v) is 2.64. The van der Waals surface area contributed by atoms with Gasteiger partial charge in [0.15, 0.2) is 17.7 Å². The van der Waals surface area contributed by atoms with Crippen molar-refractivity contribution in [1.29, 1.82) is 0 Å². The molecule has 1 aliphatic rings. The number of fused-ring (bicyclic) bond motifs is 1. The maximum absolute atomic E-state index is 10.5. The molecule has 0 bridgehead atoms. The Bertz CT molecular complexity index is 679. The number of anilines is 1. The minimum absolute atomic E-state index is 0.0177. The first-order valence-corrected chi connectivity index (χ1v) is 6.73. The number of imidazole rings is 1. The number of nitrogen functional groups attached to an aromatic ring is 1. The molecule has 0 aromatic carbocycles. The summed E-state index contributed by atoms with van der Waals surface area (Å²) in [5.74, 6) is 0.180. The number of aromatic nitrogens is 4. The third-order valence-corrected chi connectivity index (χ3v) is 3.98. The topological polar surface area (TPSA) is 160 Å². The maximum Gasteiger partial charge on any atom is 0.167 e. The smallest absolute Gasteiger partial charge is 0.167 e. The fraction of sp³-hybridized carbons (Fsp3) is 0.583. The van der Waals surface area contributed by atoms with Gasteiger partial charge >= 0.3 is 0 Å². The second-order valence-electron chi connectivity index (χ2n) is 5.23. The first-order chi connectivity index (χ1) is 10.5. The normalized spacial score (nSPS) is 30.5. The summed E-state index contributed by atoms with van der Waals surface area (Å²) in [5, 5.41) is 39.8. The van der Waals surface area contributed by atoms with Crippen LogP contribution in [0.5, 0.6) is 0 Å². The first kappa shape index (κ1) is 15.1. The molecule has 0 unspecified atom stereocenters. The molecule has 3 rings (SSSR count). The summed E-state index contributed by atoms with van der Waals surface area (Å²) in [6, 6.07) is 0. The van der Waals surface area contributed by atoms with Crippen molar-refractivity contribution in [1.82, 2.24) is 19.5 Å². The highest BCUT2D eigenvalue weighted by molar-refractivity contribution is 5.81. The number of rotatable bonds is 3. The number of nitrogens with zero attached hydrogens (tertiary/aromatic N) is 4. The summed E-state index contributed by atoms with van der Waals surface area (Å²) >= 11 is 0. The lowest BCUT2D eigenvalue weighted by molar-refractivity contribution is -0.248. The average Bonchev–Trinajstić information content (AvgIpc) is 2.94. The van der Waals surface area contributed by atoms with Crippen LogP contribution in [0.25, 0.3) is 11.2 Å². The van der Waals surface area contributed by atoms with Gasteiger partial charge < -0.3 is 30.9 Å². The van der Waals surface area contributed by atoms with Gasteiger partial charge in [0.25, 0.3) is 0 Å². The van der Waals surface area contributed by atoms with Crippen molar-refractivity contribution in [3.63, 3.8) is 0 Å². The third-order valence-electron chi connectivity index (χ3n) is 3.98. The van der Waals surface area contributed by atoms with Gasteiger partial charge in [-0.3, -0.25) is 4.57 Å². The largest absolute Gasteiger partial charge is 0.394 e. The molecule has 6 N–H and O–H groups in total. The summed E-state index contributed by atoms with van der Waals surface area (Å²) in [7, 11) is 0. The molecule has 2 aromatic heterocycles. The SMILES string of the molecule is Nc1ncnc2c1ncn2[C@@H]1OCC[C@@](O)([C@H](O)CO)[C@H]1O. The molecule has 10 heteroatoms. The van der Waals surface area contributed by atoms with E-state index in [-0.39, 0.29) is 18.8 Å². The maximum atomic E-state index is 10.5. The van der Waals surface area contributed by atoms with Gasteiger partial charge in [0.1, 0.15) is 29.7 Å². The van der Waals surface area contributed by atoms with Crippen molar-refractivity contribution < 1.29 is 25.2 Å². The highest BCUT2D eigenvalue weighted by atomic mass is 16.5. The lowest BCUT2D eigenvalue weighted by Gasteiger charge is -2.43. The number of aliphatic hydroxyl groups is 4. The second kappa shape index (κ2) is 5.41. The molecule has 4 atom stereocenters. The van der Waals surface area contributed by atoms with Crippen LogP contribution in [0.15, 0.2) is 12.7 Å². The van der Waals surface area contributed by atoms with Crippen LogP contribution < -0.4 is 5.73 Å². The van der Waals surface area contributed by atoms with Crippen molar-refractivity contribution in [3.05, 3.63) is 12.7 Å². The van der Waals surface area contributed by atoms with E-state index in [1.165, 1.54) is 17.2 Å². The van der Waals surface area contributed by atoms with Crippen molar-refractivity contribution in [3.8, 4) is 0 Å². The summed E-state index contributed by atoms with van der Waals surface area (Å²) < 4.78 is 6.90. The van der Waals surface area contributed by atoms with Crippen molar-refractivity contribution >= 4 is 17.0 Å². The van der Waals surface area contributed by atoms with Crippen LogP contribution in [0.4, 0.5) is 5.82 Å². The molecular formula is C12H17N5O5. The predicted octanol–water partition coefficient (Wildman–Crippen LogP) is -2.23. The van der Waals surface area contributed by atoms with Crippen LogP contribution in [-0.4, -0.2) is 71.0 Å². The van der Waals surface area contributed by atoms with Crippen molar-refractivity contribution in [2.75, 3.05) is 18.9 Å². The van der Waals surface area contributed by atoms with E-state index in [0.29, 0.717) is 11.2 Å². The zero-order chi connectivity index (χ0) is 15.9. The Morgan fingerprint density at radius 3 is 2.95 bits per heavy atom. The number of hydrogen-bond donors (Lipinski definition) is 5. The van der Waals surface area contributed by atoms with E-state index in [4.69, 9.17) is 15.6 Å². The van der Waals surface area contributed by atoms with Crippen LogP contribution in [0.3, 0.4) is 0 Å². The van der Waals surface area contributed by atoms with Gasteiger partial charge in [-0.15, -0.1) is 0 Å². The van der Waals surface area contributed by atoms with Gasteiger partial charge in [-0.05, 0) is 0 Å². The molecule has 10 nitrogen and oxygen atoms in total. The molecular weight excluding hydrogens is 294 g/mol. The highest BCUT2D eigenvalue weighted by Crippen LogP contribution is 2.35. The summed E-state index contributed by atoms with van der Waals surface area (Å²) in [5.41, 5.74) is 4.48. The average molecular weight is 311 g/mol. The molecule has 1 aliphatic heterocycles. The van der Waals surface area contributed by atoms with E-state index >= 15 is 0 Å². The van der Waals surface area contributed by atoms with E-state index in [9.17, 15) is 15.3 Å². The molecule has 0 saturated carbocycles. The van der Waals surface area contributed by atoms with E-state index < -0.39 is 30.6 Å². The zero-order valence-corrected chi connectivity index (χ0v) is 11.6. The van der Waals surface area contributed by atoms with Crippen LogP contribution in [-0.2, 0) is 4.74 Å². The quantitative estimate of drug-likeness (QED) is 0.422. The Morgan fingerprint density at radius 2 is 2.23 bits per heavy atom. The van der Waals surface area contributed by atoms with Crippen LogP contribution in [0, 0.1) is 0 Å². The van der Waals surface area contributed by atoms with E-state index in [2.05, 4.69) is 15.0 Å². The van der Waals surface area contributed by atoms with Crippen LogP contribution in [0.1, 0.15) is 12.6 Å². The number of nitrogens with two attached hydrogens (primary N) is 1. The minimum atomic E-state index is -1.90. The highest BCUT2D eigenvalue weighted by Gasteiger charge is 2.50. The van der Waals surface area contributed by atoms with E-state index in [0.717, 1.165) is 0 Å². The number of ether oxygens (including phenoxy) is 1. The van der Waals surface area contributed by atoms with Gasteiger partial charge in [0, 0.05) is 6.42 Å². The molecule has 0 amide bonds. The number of hydrogen-bond acceptors (Lipinski definition) is 9. The Labute approximate surface area is 124 Å². The summed E-state index contributed by atoms with van der Waals surface area (Å²) in [6.45, 7) is -0.602. The Morgan fingerprint density at radius 1 is 1.45 bits per heavy atom. The van der Waals surface area contributed by atoms with Crippen molar-refractivity contribution in [2.45, 2.75) is 30.5 Å². The Kier molecular flexibility index (Phi) is 3.70.